The number of ether oxygens (including phenoxy) is 1. The minimum atomic E-state index is 0.303. The molecule has 0 aliphatic carbocycles. The van der Waals surface area contributed by atoms with Crippen molar-refractivity contribution in [2.75, 3.05) is 12.4 Å². The highest BCUT2D eigenvalue weighted by atomic mass is 35.5. The van der Waals surface area contributed by atoms with E-state index in [0.29, 0.717) is 40.2 Å². The number of hydrogen-bond donors (Lipinski definition) is 0. The van der Waals surface area contributed by atoms with E-state index in [9.17, 15) is 4.79 Å². The van der Waals surface area contributed by atoms with Crippen LogP contribution in [0.4, 0.5) is 0 Å². The molecule has 0 spiro atoms. The van der Waals surface area contributed by atoms with Crippen LogP contribution in [0.1, 0.15) is 21.8 Å². The maximum absolute atomic E-state index is 11.1. The molecule has 21 heavy (non-hydrogen) atoms. The third-order valence-electron chi connectivity index (χ3n) is 3.39. The fourth-order valence-electron chi connectivity index (χ4n) is 2.37. The Bertz CT molecular complexity index is 688. The van der Waals surface area contributed by atoms with Crippen LogP contribution in [0.2, 0.25) is 10.0 Å². The molecule has 1 aliphatic rings. The molecule has 2 nitrogen and oxygen atoms in total. The van der Waals surface area contributed by atoms with Crippen molar-refractivity contribution in [3.05, 3.63) is 57.6 Å². The lowest BCUT2D eigenvalue weighted by Gasteiger charge is -2.15. The number of rotatable bonds is 4. The van der Waals surface area contributed by atoms with Gasteiger partial charge in [0.05, 0.1) is 17.2 Å². The SMILES string of the molecule is O=Cc1cc(Cl)cc(Cl)c1OCC1CSc2ccccc21. The van der Waals surface area contributed by atoms with Gasteiger partial charge in [-0.3, -0.25) is 4.79 Å². The summed E-state index contributed by atoms with van der Waals surface area (Å²) in [6.45, 7) is 0.492. The Labute approximate surface area is 137 Å². The van der Waals surface area contributed by atoms with Crippen LogP contribution in [0, 0.1) is 0 Å². The van der Waals surface area contributed by atoms with E-state index in [2.05, 4.69) is 12.1 Å². The highest BCUT2D eigenvalue weighted by Crippen LogP contribution is 2.40. The van der Waals surface area contributed by atoms with E-state index >= 15 is 0 Å². The number of hydrogen-bond acceptors (Lipinski definition) is 3. The first kappa shape index (κ1) is 14.8. The van der Waals surface area contributed by atoms with Crippen LogP contribution in [0.25, 0.3) is 0 Å². The second-order valence-electron chi connectivity index (χ2n) is 4.78. The van der Waals surface area contributed by atoms with Gasteiger partial charge in [0.1, 0.15) is 5.75 Å². The van der Waals surface area contributed by atoms with Gasteiger partial charge in [-0.05, 0) is 23.8 Å². The van der Waals surface area contributed by atoms with Crippen molar-refractivity contribution in [1.82, 2.24) is 0 Å². The zero-order valence-electron chi connectivity index (χ0n) is 11.0. The van der Waals surface area contributed by atoms with Gasteiger partial charge in [0.15, 0.2) is 6.29 Å². The third-order valence-corrected chi connectivity index (χ3v) is 5.14. The summed E-state index contributed by atoms with van der Waals surface area (Å²) in [4.78, 5) is 12.4. The largest absolute Gasteiger partial charge is 0.491 e. The summed E-state index contributed by atoms with van der Waals surface area (Å²) in [7, 11) is 0. The summed E-state index contributed by atoms with van der Waals surface area (Å²) in [5, 5.41) is 0.791. The van der Waals surface area contributed by atoms with E-state index in [1.807, 2.05) is 23.9 Å². The minimum absolute atomic E-state index is 0.303. The Morgan fingerprint density at radius 1 is 1.29 bits per heavy atom. The average molecular weight is 339 g/mol. The molecule has 108 valence electrons. The molecule has 0 bridgehead atoms. The number of aldehydes is 1. The topological polar surface area (TPSA) is 26.3 Å². The van der Waals surface area contributed by atoms with Gasteiger partial charge < -0.3 is 4.74 Å². The Balaban J connectivity index is 1.79. The molecule has 0 radical (unpaired) electrons. The predicted octanol–water partition coefficient (Wildman–Crippen LogP) is 5.07. The normalized spacial score (nSPS) is 16.6. The molecule has 2 aromatic rings. The molecule has 0 fully saturated rings. The van der Waals surface area contributed by atoms with Crippen LogP contribution >= 0.6 is 35.0 Å². The van der Waals surface area contributed by atoms with E-state index in [0.717, 1.165) is 5.75 Å². The van der Waals surface area contributed by atoms with Gasteiger partial charge in [0, 0.05) is 21.6 Å². The average Bonchev–Trinajstić information content (AvgIpc) is 2.89. The van der Waals surface area contributed by atoms with Crippen LogP contribution in [-0.4, -0.2) is 18.6 Å². The molecule has 2 aromatic carbocycles. The van der Waals surface area contributed by atoms with Gasteiger partial charge in [-0.2, -0.15) is 0 Å². The Morgan fingerprint density at radius 2 is 2.10 bits per heavy atom. The quantitative estimate of drug-likeness (QED) is 0.727. The summed E-state index contributed by atoms with van der Waals surface area (Å²) in [5.41, 5.74) is 1.67. The molecular weight excluding hydrogens is 327 g/mol. The van der Waals surface area contributed by atoms with Crippen LogP contribution in [-0.2, 0) is 0 Å². The van der Waals surface area contributed by atoms with Gasteiger partial charge in [-0.1, -0.05) is 41.4 Å². The maximum atomic E-state index is 11.1. The molecule has 0 saturated carbocycles. The highest BCUT2D eigenvalue weighted by molar-refractivity contribution is 7.99. The van der Waals surface area contributed by atoms with Crippen molar-refractivity contribution in [3.63, 3.8) is 0 Å². The number of carbonyl (C=O) groups is 1. The van der Waals surface area contributed by atoms with Gasteiger partial charge >= 0.3 is 0 Å². The molecule has 1 heterocycles. The summed E-state index contributed by atoms with van der Waals surface area (Å²) in [6, 6.07) is 11.5. The van der Waals surface area contributed by atoms with Crippen LogP contribution in [0.15, 0.2) is 41.3 Å². The van der Waals surface area contributed by atoms with Crippen LogP contribution in [0.3, 0.4) is 0 Å². The Morgan fingerprint density at radius 3 is 2.90 bits per heavy atom. The zero-order valence-corrected chi connectivity index (χ0v) is 13.3. The smallest absolute Gasteiger partial charge is 0.153 e. The molecule has 0 N–H and O–H groups in total. The van der Waals surface area contributed by atoms with Crippen LogP contribution < -0.4 is 4.74 Å². The standard InChI is InChI=1S/C16H12Cl2O2S/c17-12-5-10(7-19)16(14(18)6-12)20-8-11-9-21-15-4-2-1-3-13(11)15/h1-7,11H,8-9H2. The number of halogens is 2. The van der Waals surface area contributed by atoms with E-state index in [1.165, 1.54) is 10.5 Å². The fraction of sp³-hybridized carbons (Fsp3) is 0.188. The predicted molar refractivity (Wildman–Crippen MR) is 87.3 cm³/mol. The minimum Gasteiger partial charge on any atom is -0.491 e. The monoisotopic (exact) mass is 338 g/mol. The van der Waals surface area contributed by atoms with Crippen molar-refractivity contribution >= 4 is 41.2 Å². The number of fused-ring (bicyclic) bond motifs is 1. The summed E-state index contributed by atoms with van der Waals surface area (Å²) in [5.74, 6) is 1.68. The highest BCUT2D eigenvalue weighted by Gasteiger charge is 2.24. The van der Waals surface area contributed by atoms with Crippen molar-refractivity contribution in [2.45, 2.75) is 10.8 Å². The molecule has 1 unspecified atom stereocenters. The molecular formula is C16H12Cl2O2S. The van der Waals surface area contributed by atoms with Crippen LogP contribution in [0.5, 0.6) is 5.75 Å². The first-order valence-corrected chi connectivity index (χ1v) is 8.22. The molecule has 1 atom stereocenters. The number of benzene rings is 2. The lowest BCUT2D eigenvalue weighted by molar-refractivity contribution is 0.111. The van der Waals surface area contributed by atoms with E-state index in [1.54, 1.807) is 12.1 Å². The van der Waals surface area contributed by atoms with Gasteiger partial charge in [0.2, 0.25) is 0 Å². The third kappa shape index (κ3) is 3.05. The lowest BCUT2D eigenvalue weighted by atomic mass is 10.0. The van der Waals surface area contributed by atoms with Crippen molar-refractivity contribution in [3.8, 4) is 5.75 Å². The van der Waals surface area contributed by atoms with Crippen molar-refractivity contribution in [1.29, 1.82) is 0 Å². The summed E-state index contributed by atoms with van der Waals surface area (Å²) < 4.78 is 5.82. The van der Waals surface area contributed by atoms with Crippen molar-refractivity contribution in [2.24, 2.45) is 0 Å². The Kier molecular flexibility index (Phi) is 4.43. The summed E-state index contributed by atoms with van der Waals surface area (Å²) >= 11 is 13.8. The number of thioether (sulfide) groups is 1. The van der Waals surface area contributed by atoms with Crippen molar-refractivity contribution < 1.29 is 9.53 Å². The zero-order chi connectivity index (χ0) is 14.8. The molecule has 0 aromatic heterocycles. The molecule has 3 rings (SSSR count). The van der Waals surface area contributed by atoms with E-state index in [-0.39, 0.29) is 0 Å². The van der Waals surface area contributed by atoms with Gasteiger partial charge in [0.25, 0.3) is 0 Å². The summed E-state index contributed by atoms with van der Waals surface area (Å²) in [6.07, 6.45) is 0.713. The first-order valence-electron chi connectivity index (χ1n) is 6.48. The van der Waals surface area contributed by atoms with E-state index in [4.69, 9.17) is 27.9 Å². The van der Waals surface area contributed by atoms with Gasteiger partial charge in [-0.15, -0.1) is 11.8 Å². The van der Waals surface area contributed by atoms with Gasteiger partial charge in [-0.25, -0.2) is 0 Å². The first-order chi connectivity index (χ1) is 10.2. The molecule has 1 aliphatic heterocycles. The number of carbonyl (C=O) groups excluding carboxylic acids is 1. The molecule has 0 amide bonds. The van der Waals surface area contributed by atoms with E-state index < -0.39 is 0 Å². The molecule has 0 saturated heterocycles. The second kappa shape index (κ2) is 6.30. The second-order valence-corrected chi connectivity index (χ2v) is 6.69. The fourth-order valence-corrected chi connectivity index (χ4v) is 4.17. The molecule has 5 heteroatoms. The lowest BCUT2D eigenvalue weighted by Crippen LogP contribution is -2.11. The Hall–Kier alpha value is -1.16. The maximum Gasteiger partial charge on any atom is 0.153 e.